The molecule has 2 unspecified atom stereocenters. The zero-order valence-electron chi connectivity index (χ0n) is 9.38. The van der Waals surface area contributed by atoms with Crippen LogP contribution in [-0.2, 0) is 4.74 Å². The molecule has 1 heterocycles. The Morgan fingerprint density at radius 3 is 2.57 bits per heavy atom. The lowest BCUT2D eigenvalue weighted by Gasteiger charge is -2.53. The molecule has 0 aromatic carbocycles. The molecule has 1 aliphatic carbocycles. The smallest absolute Gasteiger partial charge is 0.0757 e. The highest BCUT2D eigenvalue weighted by atomic mass is 16.5. The summed E-state index contributed by atoms with van der Waals surface area (Å²) in [6, 6.07) is 0. The van der Waals surface area contributed by atoms with Crippen LogP contribution in [0.4, 0.5) is 0 Å². The first-order valence-electron chi connectivity index (χ1n) is 5.88. The number of rotatable bonds is 0. The molecule has 1 N–H and O–H groups in total. The largest absolute Gasteiger partial charge is 0.393 e. The molecule has 0 bridgehead atoms. The molecule has 1 aliphatic heterocycles. The van der Waals surface area contributed by atoms with E-state index in [-0.39, 0.29) is 17.1 Å². The highest BCUT2D eigenvalue weighted by Crippen LogP contribution is 2.50. The van der Waals surface area contributed by atoms with E-state index in [1.807, 2.05) is 0 Å². The van der Waals surface area contributed by atoms with E-state index in [1.54, 1.807) is 0 Å². The number of hydrogen-bond acceptors (Lipinski definition) is 2. The molecule has 2 atom stereocenters. The molecule has 2 heteroatoms. The first-order chi connectivity index (χ1) is 6.56. The molecule has 2 nitrogen and oxygen atoms in total. The second kappa shape index (κ2) is 3.49. The summed E-state index contributed by atoms with van der Waals surface area (Å²) in [6.45, 7) is 5.33. The predicted molar refractivity (Wildman–Crippen MR) is 56.2 cm³/mol. The molecule has 2 rings (SSSR count). The lowest BCUT2D eigenvalue weighted by molar-refractivity contribution is -0.193. The number of ether oxygens (including phenoxy) is 1. The monoisotopic (exact) mass is 198 g/mol. The Morgan fingerprint density at radius 2 is 1.93 bits per heavy atom. The summed E-state index contributed by atoms with van der Waals surface area (Å²) in [5, 5.41) is 9.78. The van der Waals surface area contributed by atoms with E-state index < -0.39 is 0 Å². The molecule has 14 heavy (non-hydrogen) atoms. The van der Waals surface area contributed by atoms with Crippen molar-refractivity contribution < 1.29 is 9.84 Å². The van der Waals surface area contributed by atoms with E-state index in [0.717, 1.165) is 25.9 Å². The Kier molecular flexibility index (Phi) is 2.61. The molecule has 1 saturated heterocycles. The number of aliphatic hydroxyl groups is 1. The summed E-state index contributed by atoms with van der Waals surface area (Å²) in [6.07, 6.45) is 6.47. The first-order valence-corrected chi connectivity index (χ1v) is 5.88. The summed E-state index contributed by atoms with van der Waals surface area (Å²) in [7, 11) is 0. The fourth-order valence-corrected chi connectivity index (χ4v) is 3.12. The maximum atomic E-state index is 9.78. The van der Waals surface area contributed by atoms with Gasteiger partial charge in [-0.2, -0.15) is 0 Å². The fraction of sp³-hybridized carbons (Fsp3) is 1.00. The van der Waals surface area contributed by atoms with Gasteiger partial charge in [0.05, 0.1) is 11.7 Å². The second-order valence-corrected chi connectivity index (χ2v) is 5.58. The lowest BCUT2D eigenvalue weighted by atomic mass is 9.62. The van der Waals surface area contributed by atoms with Crippen molar-refractivity contribution in [1.29, 1.82) is 0 Å². The molecule has 2 fully saturated rings. The van der Waals surface area contributed by atoms with Crippen LogP contribution in [0.2, 0.25) is 0 Å². The Morgan fingerprint density at radius 1 is 1.21 bits per heavy atom. The van der Waals surface area contributed by atoms with Crippen LogP contribution in [0.3, 0.4) is 0 Å². The molecule has 0 aromatic rings. The van der Waals surface area contributed by atoms with E-state index in [0.29, 0.717) is 0 Å². The third-order valence-electron chi connectivity index (χ3n) is 4.26. The van der Waals surface area contributed by atoms with Crippen LogP contribution in [0, 0.1) is 5.41 Å². The van der Waals surface area contributed by atoms with Crippen LogP contribution in [-0.4, -0.2) is 23.4 Å². The van der Waals surface area contributed by atoms with E-state index in [2.05, 4.69) is 13.8 Å². The molecule has 1 spiro atoms. The zero-order valence-corrected chi connectivity index (χ0v) is 9.38. The van der Waals surface area contributed by atoms with Gasteiger partial charge in [-0.15, -0.1) is 0 Å². The van der Waals surface area contributed by atoms with Crippen molar-refractivity contribution in [3.8, 4) is 0 Å². The Hall–Kier alpha value is -0.0800. The molecule has 1 saturated carbocycles. The standard InChI is InChI=1S/C12H22O2/c1-11(2)6-3-4-7-12(11)9-10(13)5-8-14-12/h10,13H,3-9H2,1-2H3. The maximum Gasteiger partial charge on any atom is 0.0757 e. The Bertz CT molecular complexity index is 208. The highest BCUT2D eigenvalue weighted by Gasteiger charge is 2.49. The van der Waals surface area contributed by atoms with Gasteiger partial charge < -0.3 is 9.84 Å². The third-order valence-corrected chi connectivity index (χ3v) is 4.26. The van der Waals surface area contributed by atoms with Crippen LogP contribution in [0.25, 0.3) is 0 Å². The summed E-state index contributed by atoms with van der Waals surface area (Å²) >= 11 is 0. The fourth-order valence-electron chi connectivity index (χ4n) is 3.12. The van der Waals surface area contributed by atoms with E-state index in [4.69, 9.17) is 4.74 Å². The van der Waals surface area contributed by atoms with Crippen molar-refractivity contribution in [2.45, 2.75) is 64.1 Å². The van der Waals surface area contributed by atoms with Crippen LogP contribution < -0.4 is 0 Å². The summed E-state index contributed by atoms with van der Waals surface area (Å²) in [4.78, 5) is 0. The Labute approximate surface area is 86.6 Å². The van der Waals surface area contributed by atoms with Gasteiger partial charge in [0.25, 0.3) is 0 Å². The molecule has 0 amide bonds. The van der Waals surface area contributed by atoms with Crippen LogP contribution >= 0.6 is 0 Å². The van der Waals surface area contributed by atoms with Gasteiger partial charge in [-0.05, 0) is 24.7 Å². The lowest BCUT2D eigenvalue weighted by Crippen LogP contribution is -2.54. The molecule has 82 valence electrons. The third kappa shape index (κ3) is 1.59. The minimum Gasteiger partial charge on any atom is -0.393 e. The van der Waals surface area contributed by atoms with E-state index in [1.165, 1.54) is 19.3 Å². The van der Waals surface area contributed by atoms with E-state index >= 15 is 0 Å². The topological polar surface area (TPSA) is 29.5 Å². The van der Waals surface area contributed by atoms with Gasteiger partial charge in [-0.25, -0.2) is 0 Å². The maximum absolute atomic E-state index is 9.78. The van der Waals surface area contributed by atoms with Crippen molar-refractivity contribution in [3.05, 3.63) is 0 Å². The van der Waals surface area contributed by atoms with E-state index in [9.17, 15) is 5.11 Å². The van der Waals surface area contributed by atoms with Gasteiger partial charge in [0.2, 0.25) is 0 Å². The summed E-state index contributed by atoms with van der Waals surface area (Å²) in [5.41, 5.74) is 0.218. The molecule has 0 aromatic heterocycles. The predicted octanol–water partition coefficient (Wildman–Crippen LogP) is 2.50. The average molecular weight is 198 g/mol. The summed E-state index contributed by atoms with van der Waals surface area (Å²) in [5.74, 6) is 0. The van der Waals surface area contributed by atoms with Crippen molar-refractivity contribution in [2.75, 3.05) is 6.61 Å². The average Bonchev–Trinajstić information content (AvgIpc) is 2.11. The van der Waals surface area contributed by atoms with Crippen molar-refractivity contribution >= 4 is 0 Å². The van der Waals surface area contributed by atoms with Gasteiger partial charge >= 0.3 is 0 Å². The molecule has 2 aliphatic rings. The minimum absolute atomic E-state index is 0.0249. The van der Waals surface area contributed by atoms with Crippen LogP contribution in [0.15, 0.2) is 0 Å². The zero-order chi connectivity index (χ0) is 10.2. The number of aliphatic hydroxyl groups excluding tert-OH is 1. The van der Waals surface area contributed by atoms with Crippen molar-refractivity contribution in [3.63, 3.8) is 0 Å². The normalized spacial score (nSPS) is 42.6. The van der Waals surface area contributed by atoms with Crippen molar-refractivity contribution in [1.82, 2.24) is 0 Å². The van der Waals surface area contributed by atoms with Gasteiger partial charge in [0.1, 0.15) is 0 Å². The molecular formula is C12H22O2. The second-order valence-electron chi connectivity index (χ2n) is 5.58. The molecular weight excluding hydrogens is 176 g/mol. The van der Waals surface area contributed by atoms with Crippen LogP contribution in [0.1, 0.15) is 52.4 Å². The van der Waals surface area contributed by atoms with Gasteiger partial charge in [0, 0.05) is 13.0 Å². The van der Waals surface area contributed by atoms with Crippen molar-refractivity contribution in [2.24, 2.45) is 5.41 Å². The van der Waals surface area contributed by atoms with Gasteiger partial charge in [0.15, 0.2) is 0 Å². The van der Waals surface area contributed by atoms with Crippen LogP contribution in [0.5, 0.6) is 0 Å². The quantitative estimate of drug-likeness (QED) is 0.648. The molecule has 0 radical (unpaired) electrons. The van der Waals surface area contributed by atoms with Gasteiger partial charge in [-0.1, -0.05) is 26.7 Å². The van der Waals surface area contributed by atoms with Gasteiger partial charge in [-0.3, -0.25) is 0 Å². The SMILES string of the molecule is CC1(C)CCCCC12CC(O)CCO2. The highest BCUT2D eigenvalue weighted by molar-refractivity contribution is 5.00. The Balaban J connectivity index is 2.18. The summed E-state index contributed by atoms with van der Waals surface area (Å²) < 4.78 is 6.03. The minimum atomic E-state index is -0.138. The first kappa shape index (κ1) is 10.4. The number of hydrogen-bond donors (Lipinski definition) is 1.